The highest BCUT2D eigenvalue weighted by atomic mass is 35.5. The molecule has 1 atom stereocenters. The molecule has 6 aromatic rings. The van der Waals surface area contributed by atoms with Crippen molar-refractivity contribution < 1.29 is 0 Å². The standard InChI is InChI=1S/C36H29ClN2/c1-25(29-13-7-15-33(21-29)35-19-17-28-10-3-5-12-32(28)23-35)39-36(37)38-24-26-8-6-14-30(20-26)34-18-16-27-9-2-4-11-31(27)22-34/h2-23,36,38H,24H2,1H3/b39-25+. The number of hydrogen-bond acceptors (Lipinski definition) is 2. The second-order valence-electron chi connectivity index (χ2n) is 9.84. The first kappa shape index (κ1) is 25.1. The van der Waals surface area contributed by atoms with Gasteiger partial charge in [-0.05, 0) is 86.1 Å². The average Bonchev–Trinajstić information content (AvgIpc) is 2.99. The number of hydrogen-bond donors (Lipinski definition) is 1. The highest BCUT2D eigenvalue weighted by molar-refractivity contribution is 6.21. The minimum Gasteiger partial charge on any atom is -0.279 e. The molecule has 0 aliphatic heterocycles. The van der Waals surface area contributed by atoms with Crippen molar-refractivity contribution in [3.05, 3.63) is 145 Å². The van der Waals surface area contributed by atoms with Gasteiger partial charge in [0.1, 0.15) is 0 Å². The summed E-state index contributed by atoms with van der Waals surface area (Å²) in [5, 5.41) is 8.33. The lowest BCUT2D eigenvalue weighted by Crippen LogP contribution is -2.22. The molecular formula is C36H29ClN2. The van der Waals surface area contributed by atoms with Crippen molar-refractivity contribution in [2.75, 3.05) is 0 Å². The lowest BCUT2D eigenvalue weighted by molar-refractivity contribution is 0.661. The zero-order chi connectivity index (χ0) is 26.6. The minimum atomic E-state index is -0.529. The largest absolute Gasteiger partial charge is 0.279 e. The number of alkyl halides is 1. The van der Waals surface area contributed by atoms with Gasteiger partial charge in [0, 0.05) is 12.3 Å². The van der Waals surface area contributed by atoms with Gasteiger partial charge in [0.05, 0.1) is 0 Å². The quantitative estimate of drug-likeness (QED) is 0.125. The van der Waals surface area contributed by atoms with Gasteiger partial charge in [-0.3, -0.25) is 10.3 Å². The van der Waals surface area contributed by atoms with E-state index < -0.39 is 5.62 Å². The first-order chi connectivity index (χ1) is 19.1. The maximum atomic E-state index is 6.62. The number of nitrogens with zero attached hydrogens (tertiary/aromatic N) is 1. The van der Waals surface area contributed by atoms with Crippen LogP contribution in [0.5, 0.6) is 0 Å². The fraction of sp³-hybridized carbons (Fsp3) is 0.0833. The van der Waals surface area contributed by atoms with E-state index >= 15 is 0 Å². The summed E-state index contributed by atoms with van der Waals surface area (Å²) in [6.45, 7) is 2.64. The number of aliphatic imine (C=N–C) groups is 1. The van der Waals surface area contributed by atoms with Gasteiger partial charge in [0.15, 0.2) is 5.62 Å². The molecule has 0 aromatic heterocycles. The normalized spacial score (nSPS) is 12.6. The van der Waals surface area contributed by atoms with Crippen LogP contribution >= 0.6 is 11.6 Å². The van der Waals surface area contributed by atoms with Gasteiger partial charge in [-0.1, -0.05) is 121 Å². The first-order valence-corrected chi connectivity index (χ1v) is 13.7. The first-order valence-electron chi connectivity index (χ1n) is 13.2. The molecule has 0 spiro atoms. The molecule has 0 heterocycles. The van der Waals surface area contributed by atoms with E-state index in [4.69, 9.17) is 16.6 Å². The molecule has 0 bridgehead atoms. The summed E-state index contributed by atoms with van der Waals surface area (Å²) in [5.41, 5.74) is 7.35. The van der Waals surface area contributed by atoms with Crippen LogP contribution in [0.2, 0.25) is 0 Å². The number of nitrogens with one attached hydrogen (secondary N) is 1. The van der Waals surface area contributed by atoms with Crippen molar-refractivity contribution in [2.45, 2.75) is 19.1 Å². The molecule has 0 radical (unpaired) electrons. The van der Waals surface area contributed by atoms with Crippen molar-refractivity contribution in [3.63, 3.8) is 0 Å². The van der Waals surface area contributed by atoms with Crippen molar-refractivity contribution in [1.82, 2.24) is 5.32 Å². The van der Waals surface area contributed by atoms with Gasteiger partial charge in [-0.15, -0.1) is 0 Å². The minimum absolute atomic E-state index is 0.529. The highest BCUT2D eigenvalue weighted by Gasteiger charge is 2.08. The second-order valence-corrected chi connectivity index (χ2v) is 10.2. The van der Waals surface area contributed by atoms with E-state index in [0.29, 0.717) is 6.54 Å². The topological polar surface area (TPSA) is 24.4 Å². The van der Waals surface area contributed by atoms with E-state index in [1.165, 1.54) is 38.2 Å². The molecule has 0 saturated heterocycles. The summed E-state index contributed by atoms with van der Waals surface area (Å²) >= 11 is 6.62. The Morgan fingerprint density at radius 1 is 0.590 bits per heavy atom. The number of fused-ring (bicyclic) bond motifs is 2. The number of rotatable bonds is 7. The Labute approximate surface area is 234 Å². The summed E-state index contributed by atoms with van der Waals surface area (Å²) in [7, 11) is 0. The van der Waals surface area contributed by atoms with Crippen LogP contribution in [0.4, 0.5) is 0 Å². The van der Waals surface area contributed by atoms with E-state index in [9.17, 15) is 0 Å². The molecule has 39 heavy (non-hydrogen) atoms. The van der Waals surface area contributed by atoms with Crippen molar-refractivity contribution in [1.29, 1.82) is 0 Å². The summed E-state index contributed by atoms with van der Waals surface area (Å²) in [4.78, 5) is 4.73. The Morgan fingerprint density at radius 3 is 1.77 bits per heavy atom. The zero-order valence-electron chi connectivity index (χ0n) is 21.8. The molecule has 6 rings (SSSR count). The van der Waals surface area contributed by atoms with Gasteiger partial charge in [0.2, 0.25) is 0 Å². The van der Waals surface area contributed by atoms with Gasteiger partial charge in [-0.2, -0.15) is 0 Å². The summed E-state index contributed by atoms with van der Waals surface area (Å²) < 4.78 is 0. The lowest BCUT2D eigenvalue weighted by Gasteiger charge is -2.12. The molecular weight excluding hydrogens is 496 g/mol. The van der Waals surface area contributed by atoms with Crippen LogP contribution in [0.3, 0.4) is 0 Å². The third kappa shape index (κ3) is 5.78. The Morgan fingerprint density at radius 2 is 1.13 bits per heavy atom. The molecule has 0 amide bonds. The van der Waals surface area contributed by atoms with Gasteiger partial charge in [-0.25, -0.2) is 0 Å². The Hall–Kier alpha value is -4.24. The Kier molecular flexibility index (Phi) is 7.23. The molecule has 0 fully saturated rings. The van der Waals surface area contributed by atoms with E-state index in [2.05, 4.69) is 139 Å². The molecule has 1 N–H and O–H groups in total. The third-order valence-corrected chi connectivity index (χ3v) is 7.41. The van der Waals surface area contributed by atoms with Gasteiger partial charge in [0.25, 0.3) is 0 Å². The zero-order valence-corrected chi connectivity index (χ0v) is 22.6. The summed E-state index contributed by atoms with van der Waals surface area (Å²) in [6, 6.07) is 47.1. The Balaban J connectivity index is 1.15. The van der Waals surface area contributed by atoms with E-state index in [1.807, 2.05) is 6.92 Å². The van der Waals surface area contributed by atoms with Crippen LogP contribution in [0.15, 0.2) is 138 Å². The van der Waals surface area contributed by atoms with Crippen LogP contribution in [0.25, 0.3) is 43.8 Å². The maximum absolute atomic E-state index is 6.62. The molecule has 6 aromatic carbocycles. The fourth-order valence-corrected chi connectivity index (χ4v) is 5.24. The maximum Gasteiger partial charge on any atom is 0.176 e. The van der Waals surface area contributed by atoms with E-state index in [-0.39, 0.29) is 0 Å². The van der Waals surface area contributed by atoms with Crippen LogP contribution < -0.4 is 5.32 Å². The van der Waals surface area contributed by atoms with Crippen molar-refractivity contribution in [3.8, 4) is 22.3 Å². The molecule has 1 unspecified atom stereocenters. The molecule has 2 nitrogen and oxygen atoms in total. The van der Waals surface area contributed by atoms with Crippen LogP contribution in [0.1, 0.15) is 18.1 Å². The summed E-state index contributed by atoms with van der Waals surface area (Å²) in [6.07, 6.45) is 0. The fourth-order valence-electron chi connectivity index (χ4n) is 5.01. The third-order valence-electron chi connectivity index (χ3n) is 7.15. The van der Waals surface area contributed by atoms with Gasteiger partial charge < -0.3 is 0 Å². The smallest absolute Gasteiger partial charge is 0.176 e. The van der Waals surface area contributed by atoms with E-state index in [1.54, 1.807) is 0 Å². The summed E-state index contributed by atoms with van der Waals surface area (Å²) in [5.74, 6) is 0. The van der Waals surface area contributed by atoms with Crippen LogP contribution in [-0.2, 0) is 6.54 Å². The molecule has 0 aliphatic carbocycles. The van der Waals surface area contributed by atoms with Crippen molar-refractivity contribution >= 4 is 38.9 Å². The Bertz CT molecular complexity index is 1800. The SMILES string of the molecule is C/C(=N\C(Cl)NCc1cccc(-c2ccc3ccccc3c2)c1)c1cccc(-c2ccc3ccccc3c2)c1. The monoisotopic (exact) mass is 524 g/mol. The highest BCUT2D eigenvalue weighted by Crippen LogP contribution is 2.27. The average molecular weight is 525 g/mol. The molecule has 190 valence electrons. The molecule has 0 aliphatic rings. The van der Waals surface area contributed by atoms with Crippen molar-refractivity contribution in [2.24, 2.45) is 4.99 Å². The molecule has 3 heteroatoms. The number of benzene rings is 6. The molecule has 0 saturated carbocycles. The predicted octanol–water partition coefficient (Wildman–Crippen LogP) is 9.45. The second kappa shape index (κ2) is 11.2. The predicted molar refractivity (Wildman–Crippen MR) is 167 cm³/mol. The number of halogens is 1. The van der Waals surface area contributed by atoms with E-state index in [0.717, 1.165) is 22.4 Å². The van der Waals surface area contributed by atoms with Crippen LogP contribution in [-0.4, -0.2) is 11.3 Å². The lowest BCUT2D eigenvalue weighted by atomic mass is 9.99. The van der Waals surface area contributed by atoms with Gasteiger partial charge >= 0.3 is 0 Å². The van der Waals surface area contributed by atoms with Crippen LogP contribution in [0, 0.1) is 0 Å².